The van der Waals surface area contributed by atoms with Gasteiger partial charge < -0.3 is 20.2 Å². The normalized spacial score (nSPS) is 19.9. The number of aliphatic hydroxyl groups excluding tert-OH is 1. The molecule has 1 unspecified atom stereocenters. The van der Waals surface area contributed by atoms with Gasteiger partial charge in [-0.3, -0.25) is 14.3 Å². The highest BCUT2D eigenvalue weighted by molar-refractivity contribution is 8.00. The molecule has 2 saturated heterocycles. The van der Waals surface area contributed by atoms with Crippen molar-refractivity contribution >= 4 is 36.4 Å². The number of aromatic nitrogens is 2. The molecule has 4 aliphatic rings. The van der Waals surface area contributed by atoms with Crippen LogP contribution >= 0.6 is 24.6 Å². The van der Waals surface area contributed by atoms with E-state index in [-0.39, 0.29) is 41.1 Å². The standard InChI is InChI=1S/C36H43F3N6O3S2/c37-36(38,39)30-8-7-25(18-32(30)50-22-33(47)40-26-16-23-4-1-2-5-24(23)17-26)35-29-21-43(49)15-11-31(29)45(41-35)20-28(46)19-42-13-9-27(10-14-42)44-12-3-6-34(44)48/h1-2,4-5,7-8,18,26-28,46,49H,3,6,9-17,19-22H2,(H,40,47). The third-order valence-electron chi connectivity index (χ3n) is 10.4. The lowest BCUT2D eigenvalue weighted by atomic mass is 10.0. The number of likely N-dealkylation sites (tertiary alicyclic amines) is 2. The summed E-state index contributed by atoms with van der Waals surface area (Å²) in [4.78, 5) is 29.3. The second-order valence-corrected chi connectivity index (χ2v) is 15.5. The van der Waals surface area contributed by atoms with Gasteiger partial charge in [-0.25, -0.2) is 4.31 Å². The molecule has 4 heterocycles. The van der Waals surface area contributed by atoms with Crippen LogP contribution in [0.2, 0.25) is 0 Å². The van der Waals surface area contributed by atoms with E-state index in [1.807, 2.05) is 38.2 Å². The van der Waals surface area contributed by atoms with Crippen molar-refractivity contribution in [2.45, 2.75) is 87.3 Å². The van der Waals surface area contributed by atoms with Crippen LogP contribution in [0.1, 0.15) is 53.6 Å². The number of nitrogens with zero attached hydrogens (tertiary/aromatic N) is 5. The Hall–Kier alpha value is -3.04. The number of β-amino-alcohol motifs (C(OH)–C–C–N with tert-alkyl or cyclic N) is 1. The van der Waals surface area contributed by atoms with Gasteiger partial charge in [0.15, 0.2) is 0 Å². The number of thioether (sulfide) groups is 1. The van der Waals surface area contributed by atoms with Crippen LogP contribution in [0.15, 0.2) is 47.4 Å². The van der Waals surface area contributed by atoms with Crippen LogP contribution in [0.4, 0.5) is 13.2 Å². The minimum absolute atomic E-state index is 0.0271. The molecule has 14 heteroatoms. The van der Waals surface area contributed by atoms with E-state index in [1.165, 1.54) is 23.3 Å². The van der Waals surface area contributed by atoms with Gasteiger partial charge in [-0.15, -0.1) is 11.8 Å². The first kappa shape index (κ1) is 35.4. The van der Waals surface area contributed by atoms with Crippen molar-refractivity contribution < 1.29 is 27.9 Å². The number of alkyl halides is 3. The van der Waals surface area contributed by atoms with Gasteiger partial charge in [0, 0.05) is 85.9 Å². The number of hydrogen-bond acceptors (Lipinski definition) is 8. The first-order valence-electron chi connectivity index (χ1n) is 17.4. The Balaban J connectivity index is 1.04. The predicted octanol–water partition coefficient (Wildman–Crippen LogP) is 4.60. The van der Waals surface area contributed by atoms with E-state index < -0.39 is 17.8 Å². The summed E-state index contributed by atoms with van der Waals surface area (Å²) < 4.78 is 46.2. The first-order valence-corrected chi connectivity index (χ1v) is 18.8. The third-order valence-corrected chi connectivity index (χ3v) is 11.8. The molecule has 268 valence electrons. The van der Waals surface area contributed by atoms with Crippen LogP contribution in [0.5, 0.6) is 0 Å². The van der Waals surface area contributed by atoms with E-state index in [0.717, 1.165) is 68.0 Å². The van der Waals surface area contributed by atoms with E-state index in [2.05, 4.69) is 23.0 Å². The highest BCUT2D eigenvalue weighted by Gasteiger charge is 2.35. The Kier molecular flexibility index (Phi) is 10.5. The van der Waals surface area contributed by atoms with Crippen LogP contribution in [-0.4, -0.2) is 97.5 Å². The molecule has 2 aromatic carbocycles. The Morgan fingerprint density at radius 2 is 1.78 bits per heavy atom. The van der Waals surface area contributed by atoms with Crippen LogP contribution in [-0.2, 0) is 48.1 Å². The van der Waals surface area contributed by atoms with Gasteiger partial charge in [0.25, 0.3) is 0 Å². The smallest absolute Gasteiger partial charge is 0.390 e. The molecule has 2 fully saturated rings. The molecule has 7 rings (SSSR count). The molecular formula is C36H43F3N6O3S2. The molecule has 2 amide bonds. The van der Waals surface area contributed by atoms with Crippen molar-refractivity contribution in [2.24, 2.45) is 0 Å². The van der Waals surface area contributed by atoms with Crippen molar-refractivity contribution in [3.05, 3.63) is 70.4 Å². The first-order chi connectivity index (χ1) is 24.0. The van der Waals surface area contributed by atoms with Crippen molar-refractivity contribution in [3.63, 3.8) is 0 Å². The molecule has 2 N–H and O–H groups in total. The fraction of sp³-hybridized carbons (Fsp3) is 0.528. The number of fused-ring (bicyclic) bond motifs is 2. The number of rotatable bonds is 10. The lowest BCUT2D eigenvalue weighted by Crippen LogP contribution is -2.47. The summed E-state index contributed by atoms with van der Waals surface area (Å²) in [5, 5.41) is 19.1. The SMILES string of the molecule is O=C(CSc1cc(-c2nn(CC(O)CN3CCC(N4CCCC4=O)CC3)c3c2CN(S)CC3)ccc1C(F)(F)F)NC1Cc2ccccc2C1. The number of benzene rings is 2. The van der Waals surface area contributed by atoms with Crippen molar-refractivity contribution in [1.29, 1.82) is 0 Å². The zero-order valence-electron chi connectivity index (χ0n) is 27.9. The average molecular weight is 729 g/mol. The Morgan fingerprint density at radius 3 is 2.46 bits per heavy atom. The third kappa shape index (κ3) is 7.89. The summed E-state index contributed by atoms with van der Waals surface area (Å²) in [5.41, 5.74) is 4.49. The van der Waals surface area contributed by atoms with E-state index in [0.29, 0.717) is 56.6 Å². The van der Waals surface area contributed by atoms with Crippen LogP contribution in [0, 0.1) is 0 Å². The number of hydrogen-bond donors (Lipinski definition) is 3. The van der Waals surface area contributed by atoms with Crippen molar-refractivity contribution in [3.8, 4) is 11.3 Å². The summed E-state index contributed by atoms with van der Waals surface area (Å²) in [6, 6.07) is 12.2. The maximum absolute atomic E-state index is 14.2. The van der Waals surface area contributed by atoms with Crippen molar-refractivity contribution in [1.82, 2.24) is 29.2 Å². The number of halogens is 3. The van der Waals surface area contributed by atoms with Gasteiger partial charge in [-0.2, -0.15) is 18.3 Å². The minimum atomic E-state index is -4.59. The Bertz CT molecular complexity index is 1700. The van der Waals surface area contributed by atoms with Gasteiger partial charge in [0.1, 0.15) is 0 Å². The molecule has 3 aliphatic heterocycles. The van der Waals surface area contributed by atoms with Crippen molar-refractivity contribution in [2.75, 3.05) is 38.5 Å². The molecule has 50 heavy (non-hydrogen) atoms. The maximum Gasteiger partial charge on any atom is 0.417 e. The largest absolute Gasteiger partial charge is 0.417 e. The fourth-order valence-electron chi connectivity index (χ4n) is 7.98. The van der Waals surface area contributed by atoms with Crippen LogP contribution < -0.4 is 5.32 Å². The number of carbonyl (C=O) groups is 2. The van der Waals surface area contributed by atoms with E-state index in [9.17, 15) is 27.9 Å². The molecule has 0 radical (unpaired) electrons. The average Bonchev–Trinajstić information content (AvgIpc) is 3.79. The van der Waals surface area contributed by atoms with Gasteiger partial charge >= 0.3 is 6.18 Å². The highest BCUT2D eigenvalue weighted by atomic mass is 32.2. The van der Waals surface area contributed by atoms with Gasteiger partial charge in [-0.1, -0.05) is 43.1 Å². The summed E-state index contributed by atoms with van der Waals surface area (Å²) in [5.74, 6) is -0.201. The maximum atomic E-state index is 14.2. The molecule has 3 aromatic rings. The number of thiol groups is 1. The molecular weight excluding hydrogens is 686 g/mol. The number of piperidine rings is 1. The molecule has 0 saturated carbocycles. The van der Waals surface area contributed by atoms with Gasteiger partial charge in [0.2, 0.25) is 11.8 Å². The Morgan fingerprint density at radius 1 is 1.04 bits per heavy atom. The second-order valence-electron chi connectivity index (χ2n) is 13.9. The van der Waals surface area contributed by atoms with E-state index in [1.54, 1.807) is 0 Å². The summed E-state index contributed by atoms with van der Waals surface area (Å²) >= 11 is 5.45. The number of carbonyl (C=O) groups excluding carboxylic acids is 2. The van der Waals surface area contributed by atoms with Gasteiger partial charge in [0.05, 0.1) is 29.7 Å². The lowest BCUT2D eigenvalue weighted by molar-refractivity contribution is -0.139. The topological polar surface area (TPSA) is 93.9 Å². The number of nitrogens with one attached hydrogen (secondary N) is 1. The summed E-state index contributed by atoms with van der Waals surface area (Å²) in [7, 11) is 0. The minimum Gasteiger partial charge on any atom is -0.390 e. The number of aliphatic hydroxyl groups is 1. The quantitative estimate of drug-likeness (QED) is 0.208. The summed E-state index contributed by atoms with van der Waals surface area (Å²) in [6.07, 6.45) is 0.120. The Labute approximate surface area is 300 Å². The number of amides is 2. The summed E-state index contributed by atoms with van der Waals surface area (Å²) in [6.45, 7) is 4.32. The molecule has 1 aromatic heterocycles. The molecule has 0 bridgehead atoms. The van der Waals surface area contributed by atoms with E-state index in [4.69, 9.17) is 5.10 Å². The highest BCUT2D eigenvalue weighted by Crippen LogP contribution is 2.40. The molecule has 9 nitrogen and oxygen atoms in total. The van der Waals surface area contributed by atoms with Crippen LogP contribution in [0.3, 0.4) is 0 Å². The zero-order chi connectivity index (χ0) is 35.0. The molecule has 1 aliphatic carbocycles. The van der Waals surface area contributed by atoms with Gasteiger partial charge in [-0.05, 0) is 55.4 Å². The van der Waals surface area contributed by atoms with Crippen LogP contribution in [0.25, 0.3) is 11.3 Å². The molecule has 0 spiro atoms. The predicted molar refractivity (Wildman–Crippen MR) is 189 cm³/mol. The monoisotopic (exact) mass is 728 g/mol. The second kappa shape index (κ2) is 14.9. The fourth-order valence-corrected chi connectivity index (χ4v) is 9.14. The molecule has 1 atom stereocenters. The van der Waals surface area contributed by atoms with E-state index >= 15 is 0 Å². The lowest BCUT2D eigenvalue weighted by Gasteiger charge is -2.37. The zero-order valence-corrected chi connectivity index (χ0v) is 29.6.